The van der Waals surface area contributed by atoms with Crippen LogP contribution >= 0.6 is 0 Å². The van der Waals surface area contributed by atoms with Crippen molar-refractivity contribution in [1.29, 1.82) is 0 Å². The third-order valence-corrected chi connectivity index (χ3v) is 3.94. The molecule has 0 saturated heterocycles. The van der Waals surface area contributed by atoms with E-state index in [1.807, 2.05) is 0 Å². The van der Waals surface area contributed by atoms with Crippen LogP contribution in [-0.4, -0.2) is 46.7 Å². The Morgan fingerprint density at radius 2 is 0.559 bits per heavy atom. The number of nitrogens with zero attached hydrogens (tertiary/aromatic N) is 2. The molecule has 2 nitrogen and oxygen atoms in total. The molecule has 0 radical (unpaired) electrons. The maximum absolute atomic E-state index is 14.5. The molecule has 2 atom stereocenters. The first-order chi connectivity index (χ1) is 14.5. The standard InChI is InChI=1S/C12F20N2/c13-3-1(5(15,9(21,22)23)7(17,18)11(27,28)29)2(4(14)34-33-3)6(16,10(24,25)26)8(19,20)12(30,31)32. The Labute approximate surface area is 170 Å². The van der Waals surface area contributed by atoms with Crippen molar-refractivity contribution in [1.82, 2.24) is 10.2 Å². The molecule has 1 rings (SSSR count). The largest absolute Gasteiger partial charge is 0.457 e. The van der Waals surface area contributed by atoms with Gasteiger partial charge in [0.15, 0.2) is 0 Å². The van der Waals surface area contributed by atoms with Crippen molar-refractivity contribution < 1.29 is 87.8 Å². The first-order valence-electron chi connectivity index (χ1n) is 7.18. The second-order valence-corrected chi connectivity index (χ2v) is 5.99. The van der Waals surface area contributed by atoms with Crippen molar-refractivity contribution in [2.75, 3.05) is 0 Å². The van der Waals surface area contributed by atoms with Gasteiger partial charge < -0.3 is 0 Å². The minimum atomic E-state index is -8.27. The Morgan fingerprint density at radius 3 is 0.706 bits per heavy atom. The number of aromatic nitrogens is 2. The van der Waals surface area contributed by atoms with Crippen LogP contribution in [0.4, 0.5) is 87.8 Å². The van der Waals surface area contributed by atoms with Gasteiger partial charge >= 0.3 is 47.9 Å². The van der Waals surface area contributed by atoms with Crippen molar-refractivity contribution in [2.24, 2.45) is 0 Å². The van der Waals surface area contributed by atoms with Gasteiger partial charge in [0.25, 0.3) is 0 Å². The minimum Gasteiger partial charge on any atom is -0.221 e. The molecule has 22 heteroatoms. The first-order valence-corrected chi connectivity index (χ1v) is 7.18. The molecule has 0 spiro atoms. The molecule has 1 aromatic heterocycles. The zero-order chi connectivity index (χ0) is 27.7. The van der Waals surface area contributed by atoms with Gasteiger partial charge in [0.1, 0.15) is 0 Å². The number of hydrogen-bond acceptors (Lipinski definition) is 2. The monoisotopic (exact) mass is 552 g/mol. The summed E-state index contributed by atoms with van der Waals surface area (Å²) in [6, 6.07) is 0. The van der Waals surface area contributed by atoms with E-state index in [2.05, 4.69) is 0 Å². The summed E-state index contributed by atoms with van der Waals surface area (Å²) in [5, 5.41) is 2.52. The van der Waals surface area contributed by atoms with Gasteiger partial charge in [-0.15, -0.1) is 10.2 Å². The minimum absolute atomic E-state index is 1.26. The van der Waals surface area contributed by atoms with E-state index in [1.54, 1.807) is 0 Å². The van der Waals surface area contributed by atoms with E-state index < -0.39 is 70.9 Å². The highest BCUT2D eigenvalue weighted by Gasteiger charge is 2.87. The Morgan fingerprint density at radius 1 is 0.353 bits per heavy atom. The predicted molar refractivity (Wildman–Crippen MR) is 61.6 cm³/mol. The van der Waals surface area contributed by atoms with E-state index in [4.69, 9.17) is 0 Å². The highest BCUT2D eigenvalue weighted by atomic mass is 19.4. The summed E-state index contributed by atoms with van der Waals surface area (Å²) < 4.78 is 263. The van der Waals surface area contributed by atoms with Crippen molar-refractivity contribution in [3.8, 4) is 0 Å². The van der Waals surface area contributed by atoms with Gasteiger partial charge in [-0.3, -0.25) is 0 Å². The van der Waals surface area contributed by atoms with Crippen LogP contribution in [0.2, 0.25) is 0 Å². The van der Waals surface area contributed by atoms with Crippen LogP contribution in [0, 0.1) is 11.9 Å². The van der Waals surface area contributed by atoms with Gasteiger partial charge in [-0.25, -0.2) is 8.78 Å². The van der Waals surface area contributed by atoms with Gasteiger partial charge in [-0.1, -0.05) is 0 Å². The Balaban J connectivity index is 4.58. The van der Waals surface area contributed by atoms with Crippen LogP contribution in [0.15, 0.2) is 0 Å². The molecule has 2 unspecified atom stereocenters. The van der Waals surface area contributed by atoms with Crippen molar-refractivity contribution >= 4 is 0 Å². The molecule has 1 aromatic rings. The lowest BCUT2D eigenvalue weighted by Gasteiger charge is -2.41. The van der Waals surface area contributed by atoms with E-state index in [0.717, 1.165) is 0 Å². The zero-order valence-corrected chi connectivity index (χ0v) is 14.5. The van der Waals surface area contributed by atoms with Crippen LogP contribution in [-0.2, 0) is 11.3 Å². The summed E-state index contributed by atoms with van der Waals surface area (Å²) in [6.45, 7) is 0. The van der Waals surface area contributed by atoms with E-state index in [1.165, 1.54) is 10.2 Å². The lowest BCUT2D eigenvalue weighted by Crippen LogP contribution is -2.64. The lowest BCUT2D eigenvalue weighted by molar-refractivity contribution is -0.398. The lowest BCUT2D eigenvalue weighted by atomic mass is 9.78. The molecule has 0 amide bonds. The van der Waals surface area contributed by atoms with Gasteiger partial charge in [0, 0.05) is 0 Å². The fourth-order valence-electron chi connectivity index (χ4n) is 2.37. The van der Waals surface area contributed by atoms with Gasteiger partial charge in [0.2, 0.25) is 11.9 Å². The van der Waals surface area contributed by atoms with E-state index in [-0.39, 0.29) is 0 Å². The third-order valence-electron chi connectivity index (χ3n) is 3.94. The summed E-state index contributed by atoms with van der Waals surface area (Å²) in [5.74, 6) is -24.9. The van der Waals surface area contributed by atoms with Crippen LogP contribution in [0.3, 0.4) is 0 Å². The third kappa shape index (κ3) is 3.75. The topological polar surface area (TPSA) is 25.8 Å². The molecule has 0 aliphatic rings. The number of alkyl halides is 18. The normalized spacial score (nSPS) is 18.5. The molecule has 0 N–H and O–H groups in total. The molecular weight excluding hydrogens is 552 g/mol. The van der Waals surface area contributed by atoms with E-state index in [0.29, 0.717) is 0 Å². The molecule has 34 heavy (non-hydrogen) atoms. The van der Waals surface area contributed by atoms with Gasteiger partial charge in [-0.05, 0) is 0 Å². The van der Waals surface area contributed by atoms with Crippen molar-refractivity contribution in [3.63, 3.8) is 0 Å². The number of rotatable bonds is 4. The fraction of sp³-hybridized carbons (Fsp3) is 0.667. The maximum atomic E-state index is 14.5. The fourth-order valence-corrected chi connectivity index (χ4v) is 2.37. The molecule has 198 valence electrons. The quantitative estimate of drug-likeness (QED) is 0.394. The summed E-state index contributed by atoms with van der Waals surface area (Å²) >= 11 is 0. The van der Waals surface area contributed by atoms with Gasteiger partial charge in [0.05, 0.1) is 11.1 Å². The zero-order valence-electron chi connectivity index (χ0n) is 14.5. The number of hydrogen-bond donors (Lipinski definition) is 0. The SMILES string of the molecule is Fc1nnc(F)c(C(F)(C(F)(F)F)C(F)(F)C(F)(F)F)c1C(F)(C(F)(F)F)C(F)(F)C(F)(F)F. The molecule has 0 aliphatic heterocycles. The summed E-state index contributed by atoms with van der Waals surface area (Å²) in [5.41, 5.74) is -26.3. The summed E-state index contributed by atoms with van der Waals surface area (Å²) in [6.07, 6.45) is -32.1. The second-order valence-electron chi connectivity index (χ2n) is 5.99. The highest BCUT2D eigenvalue weighted by Crippen LogP contribution is 2.64. The van der Waals surface area contributed by atoms with Crippen LogP contribution in [0.25, 0.3) is 0 Å². The van der Waals surface area contributed by atoms with E-state index >= 15 is 0 Å². The molecule has 0 bridgehead atoms. The molecule has 0 saturated carbocycles. The first kappa shape index (κ1) is 29.7. The molecular formula is C12F20N2. The second kappa shape index (κ2) is 7.59. The molecule has 1 heterocycles. The molecule has 0 aliphatic carbocycles. The van der Waals surface area contributed by atoms with E-state index in [9.17, 15) is 87.8 Å². The Kier molecular flexibility index (Phi) is 6.63. The van der Waals surface area contributed by atoms with Crippen LogP contribution in [0.1, 0.15) is 11.1 Å². The van der Waals surface area contributed by atoms with Crippen LogP contribution < -0.4 is 0 Å². The molecule has 0 fully saturated rings. The van der Waals surface area contributed by atoms with Crippen LogP contribution in [0.5, 0.6) is 0 Å². The average molecular weight is 552 g/mol. The smallest absolute Gasteiger partial charge is 0.221 e. The maximum Gasteiger partial charge on any atom is 0.457 e. The summed E-state index contributed by atoms with van der Waals surface area (Å²) in [7, 11) is 0. The highest BCUT2D eigenvalue weighted by molar-refractivity contribution is 5.41. The van der Waals surface area contributed by atoms with Crippen molar-refractivity contribution in [3.05, 3.63) is 23.0 Å². The predicted octanol–water partition coefficient (Wildman–Crippen LogP) is 6.60. The Bertz CT molecular complexity index is 847. The van der Waals surface area contributed by atoms with Gasteiger partial charge in [-0.2, -0.15) is 79.0 Å². The summed E-state index contributed by atoms with van der Waals surface area (Å²) in [4.78, 5) is 0. The average Bonchev–Trinajstić information content (AvgIpc) is 2.57. The number of halogens is 20. The Hall–Kier alpha value is -2.32. The van der Waals surface area contributed by atoms with Crippen molar-refractivity contribution in [2.45, 2.75) is 47.9 Å². The molecule has 0 aromatic carbocycles.